The molecule has 2 saturated heterocycles. The Morgan fingerprint density at radius 1 is 1.31 bits per heavy atom. The van der Waals surface area contributed by atoms with Crippen LogP contribution in [0.25, 0.3) is 11.1 Å². The lowest BCUT2D eigenvalue weighted by Gasteiger charge is -2.51. The van der Waals surface area contributed by atoms with E-state index in [0.29, 0.717) is 49.4 Å². The van der Waals surface area contributed by atoms with E-state index in [-0.39, 0.29) is 18.4 Å². The predicted octanol–water partition coefficient (Wildman–Crippen LogP) is 1.79. The molecular formula is C21H27N3O5. The molecule has 2 N–H and O–H groups in total. The molecule has 2 aromatic rings. The Morgan fingerprint density at radius 3 is 2.69 bits per heavy atom. The molecule has 2 aliphatic heterocycles. The van der Waals surface area contributed by atoms with Crippen molar-refractivity contribution in [2.45, 2.75) is 57.3 Å². The van der Waals surface area contributed by atoms with E-state index in [9.17, 15) is 14.7 Å². The molecule has 156 valence electrons. The van der Waals surface area contributed by atoms with Gasteiger partial charge in [-0.15, -0.1) is 0 Å². The fourth-order valence-electron chi connectivity index (χ4n) is 4.50. The van der Waals surface area contributed by atoms with Gasteiger partial charge < -0.3 is 24.5 Å². The highest BCUT2D eigenvalue weighted by Gasteiger charge is 2.49. The van der Waals surface area contributed by atoms with E-state index in [1.165, 1.54) is 6.92 Å². The van der Waals surface area contributed by atoms with Crippen molar-refractivity contribution in [2.75, 3.05) is 19.7 Å². The number of aryl methyl sites for hydroxylation is 1. The first-order valence-corrected chi connectivity index (χ1v) is 9.97. The topological polar surface area (TPSA) is 105 Å². The van der Waals surface area contributed by atoms with E-state index in [2.05, 4.69) is 10.3 Å². The minimum Gasteiger partial charge on any atom is -0.441 e. The van der Waals surface area contributed by atoms with Gasteiger partial charge in [-0.3, -0.25) is 9.59 Å². The number of piperidine rings is 1. The molecule has 0 aliphatic carbocycles. The van der Waals surface area contributed by atoms with Gasteiger partial charge in [0.1, 0.15) is 5.52 Å². The first-order valence-electron chi connectivity index (χ1n) is 9.97. The maximum Gasteiger partial charge on any atom is 0.253 e. The first-order chi connectivity index (χ1) is 13.7. The van der Waals surface area contributed by atoms with Gasteiger partial charge in [0.2, 0.25) is 5.91 Å². The fraction of sp³-hybridized carbons (Fsp3) is 0.571. The first kappa shape index (κ1) is 19.8. The van der Waals surface area contributed by atoms with Gasteiger partial charge in [-0.2, -0.15) is 0 Å². The Hall–Kier alpha value is -2.45. The average molecular weight is 401 g/mol. The Balaban J connectivity index is 1.42. The molecule has 0 unspecified atom stereocenters. The number of amides is 2. The molecule has 3 heterocycles. The van der Waals surface area contributed by atoms with Gasteiger partial charge in [-0.1, -0.05) is 0 Å². The van der Waals surface area contributed by atoms with E-state index in [1.807, 2.05) is 4.90 Å². The second kappa shape index (κ2) is 7.11. The lowest BCUT2D eigenvalue weighted by atomic mass is 9.75. The summed E-state index contributed by atoms with van der Waals surface area (Å²) in [5, 5.41) is 13.6. The van der Waals surface area contributed by atoms with Crippen molar-refractivity contribution in [1.29, 1.82) is 0 Å². The quantitative estimate of drug-likeness (QED) is 0.795. The third-order valence-electron chi connectivity index (χ3n) is 6.07. The van der Waals surface area contributed by atoms with E-state index in [0.717, 1.165) is 5.52 Å². The molecule has 2 aliphatic rings. The summed E-state index contributed by atoms with van der Waals surface area (Å²) in [5.74, 6) is 0.340. The SMILES string of the molecule is CC(=O)N[C@H]1COC2(CCN(C(=O)c3ccc4nc(C)oc4c3)CC2)C[C@]1(C)O. The maximum absolute atomic E-state index is 12.9. The Bertz CT molecular complexity index is 943. The Labute approximate surface area is 169 Å². The number of carbonyl (C=O) groups excluding carboxylic acids is 2. The van der Waals surface area contributed by atoms with E-state index in [1.54, 1.807) is 32.0 Å². The molecule has 1 aromatic carbocycles. The zero-order chi connectivity index (χ0) is 20.8. The number of nitrogens with zero attached hydrogens (tertiary/aromatic N) is 2. The molecule has 8 nitrogen and oxygen atoms in total. The number of hydrogen-bond acceptors (Lipinski definition) is 6. The monoisotopic (exact) mass is 401 g/mol. The van der Waals surface area contributed by atoms with Gasteiger partial charge in [-0.25, -0.2) is 4.98 Å². The summed E-state index contributed by atoms with van der Waals surface area (Å²) in [6, 6.07) is 4.88. The Morgan fingerprint density at radius 2 is 2.03 bits per heavy atom. The number of benzene rings is 1. The fourth-order valence-corrected chi connectivity index (χ4v) is 4.50. The van der Waals surface area contributed by atoms with Crippen LogP contribution in [0.5, 0.6) is 0 Å². The van der Waals surface area contributed by atoms with Crippen LogP contribution in [-0.4, -0.2) is 63.7 Å². The van der Waals surface area contributed by atoms with Crippen molar-refractivity contribution in [3.63, 3.8) is 0 Å². The summed E-state index contributed by atoms with van der Waals surface area (Å²) in [6.45, 7) is 6.32. The van der Waals surface area contributed by atoms with Crippen molar-refractivity contribution in [2.24, 2.45) is 0 Å². The summed E-state index contributed by atoms with van der Waals surface area (Å²) in [7, 11) is 0. The smallest absolute Gasteiger partial charge is 0.253 e. The summed E-state index contributed by atoms with van der Waals surface area (Å²) in [6.07, 6.45) is 1.72. The zero-order valence-electron chi connectivity index (χ0n) is 17.0. The molecule has 0 bridgehead atoms. The van der Waals surface area contributed by atoms with Crippen LogP contribution in [-0.2, 0) is 9.53 Å². The highest BCUT2D eigenvalue weighted by Crippen LogP contribution is 2.40. The number of fused-ring (bicyclic) bond motifs is 1. The van der Waals surface area contributed by atoms with Crippen LogP contribution in [0.2, 0.25) is 0 Å². The van der Waals surface area contributed by atoms with Gasteiger partial charge in [0.05, 0.1) is 23.9 Å². The number of carbonyl (C=O) groups is 2. The Kier molecular flexibility index (Phi) is 4.86. The van der Waals surface area contributed by atoms with Crippen molar-refractivity contribution in [1.82, 2.24) is 15.2 Å². The molecule has 1 aromatic heterocycles. The second-order valence-corrected chi connectivity index (χ2v) is 8.49. The number of hydrogen-bond donors (Lipinski definition) is 2. The van der Waals surface area contributed by atoms with Crippen LogP contribution in [0.15, 0.2) is 22.6 Å². The van der Waals surface area contributed by atoms with E-state index >= 15 is 0 Å². The predicted molar refractivity (Wildman–Crippen MR) is 105 cm³/mol. The molecule has 2 amide bonds. The summed E-state index contributed by atoms with van der Waals surface area (Å²) >= 11 is 0. The lowest BCUT2D eigenvalue weighted by molar-refractivity contribution is -0.187. The van der Waals surface area contributed by atoms with E-state index < -0.39 is 17.2 Å². The highest BCUT2D eigenvalue weighted by atomic mass is 16.5. The number of nitrogens with one attached hydrogen (secondary N) is 1. The summed E-state index contributed by atoms with van der Waals surface area (Å²) in [5.41, 5.74) is 0.402. The molecule has 0 saturated carbocycles. The molecule has 29 heavy (non-hydrogen) atoms. The van der Waals surface area contributed by atoms with Crippen LogP contribution in [0.4, 0.5) is 0 Å². The van der Waals surface area contributed by atoms with Crippen LogP contribution in [0.3, 0.4) is 0 Å². The number of rotatable bonds is 2. The number of ether oxygens (including phenoxy) is 1. The minimum atomic E-state index is -1.05. The zero-order valence-corrected chi connectivity index (χ0v) is 17.0. The molecule has 1 spiro atoms. The molecular weight excluding hydrogens is 374 g/mol. The van der Waals surface area contributed by atoms with Crippen LogP contribution in [0, 0.1) is 6.92 Å². The van der Waals surface area contributed by atoms with E-state index in [4.69, 9.17) is 9.15 Å². The standard InChI is InChI=1S/C21H27N3O5/c1-13(25)22-18-11-28-21(12-20(18,3)27)6-8-24(9-7-21)19(26)15-4-5-16-17(10-15)29-14(2)23-16/h4-5,10,18,27H,6-9,11-12H2,1-3H3,(H,22,25)/t18-,20-/m0/s1. The third-order valence-corrected chi connectivity index (χ3v) is 6.07. The number of oxazole rings is 1. The summed E-state index contributed by atoms with van der Waals surface area (Å²) in [4.78, 5) is 30.4. The van der Waals surface area contributed by atoms with Gasteiger partial charge in [0.25, 0.3) is 5.91 Å². The lowest BCUT2D eigenvalue weighted by Crippen LogP contribution is -2.64. The minimum absolute atomic E-state index is 0.0468. The molecule has 0 radical (unpaired) electrons. The van der Waals surface area contributed by atoms with Gasteiger partial charge in [0, 0.05) is 38.9 Å². The van der Waals surface area contributed by atoms with Gasteiger partial charge in [0.15, 0.2) is 11.5 Å². The summed E-state index contributed by atoms with van der Waals surface area (Å²) < 4.78 is 11.7. The number of aromatic nitrogens is 1. The van der Waals surface area contributed by atoms with Crippen molar-refractivity contribution < 1.29 is 23.8 Å². The van der Waals surface area contributed by atoms with Crippen LogP contribution < -0.4 is 5.32 Å². The highest BCUT2D eigenvalue weighted by molar-refractivity contribution is 5.97. The molecule has 2 atom stereocenters. The second-order valence-electron chi connectivity index (χ2n) is 8.49. The van der Waals surface area contributed by atoms with Crippen molar-refractivity contribution in [3.8, 4) is 0 Å². The molecule has 8 heteroatoms. The van der Waals surface area contributed by atoms with Gasteiger partial charge in [-0.05, 0) is 38.0 Å². The third kappa shape index (κ3) is 3.86. The maximum atomic E-state index is 12.9. The van der Waals surface area contributed by atoms with Crippen LogP contribution >= 0.6 is 0 Å². The normalized spacial score (nSPS) is 26.6. The average Bonchev–Trinajstić information content (AvgIpc) is 3.03. The number of aliphatic hydroxyl groups is 1. The van der Waals surface area contributed by atoms with Crippen molar-refractivity contribution in [3.05, 3.63) is 29.7 Å². The molecule has 4 rings (SSSR count). The molecule has 2 fully saturated rings. The van der Waals surface area contributed by atoms with Crippen molar-refractivity contribution >= 4 is 22.9 Å². The van der Waals surface area contributed by atoms with Gasteiger partial charge >= 0.3 is 0 Å². The largest absolute Gasteiger partial charge is 0.441 e. The van der Waals surface area contributed by atoms with Crippen LogP contribution in [0.1, 0.15) is 49.4 Å². The number of likely N-dealkylation sites (tertiary alicyclic amines) is 1.